The molecule has 0 spiro atoms. The number of tetrazole rings is 1. The van der Waals surface area contributed by atoms with Crippen molar-refractivity contribution in [2.45, 2.75) is 17.8 Å². The zero-order valence-electron chi connectivity index (χ0n) is 15.8. The Kier molecular flexibility index (Phi) is 5.67. The standard InChI is InChI=1S/C22H19N5OS/c1-16-7-5-6-10-20(16)23-21(28)18-11-13-19(14-12-18)27-22(24-25-26-27)29-15-17-8-3-2-4-9-17/h2-14H,15H2,1H3,(H,23,28). The van der Waals surface area contributed by atoms with E-state index in [1.165, 1.54) is 5.56 Å². The van der Waals surface area contributed by atoms with Crippen LogP contribution < -0.4 is 5.32 Å². The van der Waals surface area contributed by atoms with Crippen LogP contribution in [0.5, 0.6) is 0 Å². The minimum atomic E-state index is -0.152. The maximum Gasteiger partial charge on any atom is 0.255 e. The summed E-state index contributed by atoms with van der Waals surface area (Å²) in [5.41, 5.74) is 4.41. The van der Waals surface area contributed by atoms with Gasteiger partial charge in [-0.25, -0.2) is 0 Å². The second-order valence-corrected chi connectivity index (χ2v) is 7.41. The molecule has 0 saturated heterocycles. The number of para-hydroxylation sites is 1. The number of carbonyl (C=O) groups excluding carboxylic acids is 1. The highest BCUT2D eigenvalue weighted by Crippen LogP contribution is 2.23. The molecule has 3 aromatic carbocycles. The summed E-state index contributed by atoms with van der Waals surface area (Å²) in [7, 11) is 0. The van der Waals surface area contributed by atoms with Crippen LogP contribution in [0.3, 0.4) is 0 Å². The van der Waals surface area contributed by atoms with Gasteiger partial charge in [-0.2, -0.15) is 4.68 Å². The second-order valence-electron chi connectivity index (χ2n) is 6.46. The molecule has 0 atom stereocenters. The van der Waals surface area contributed by atoms with Crippen LogP contribution in [0, 0.1) is 6.92 Å². The highest BCUT2D eigenvalue weighted by molar-refractivity contribution is 7.98. The van der Waals surface area contributed by atoms with E-state index in [4.69, 9.17) is 0 Å². The summed E-state index contributed by atoms with van der Waals surface area (Å²) in [6.07, 6.45) is 0. The zero-order chi connectivity index (χ0) is 20.1. The number of rotatable bonds is 6. The van der Waals surface area contributed by atoms with Gasteiger partial charge in [0, 0.05) is 17.0 Å². The van der Waals surface area contributed by atoms with Crippen LogP contribution in [-0.4, -0.2) is 26.1 Å². The van der Waals surface area contributed by atoms with Gasteiger partial charge < -0.3 is 5.32 Å². The fourth-order valence-corrected chi connectivity index (χ4v) is 3.66. The Labute approximate surface area is 173 Å². The average molecular weight is 401 g/mol. The molecule has 0 radical (unpaired) electrons. The fraction of sp³-hybridized carbons (Fsp3) is 0.0909. The number of nitrogens with one attached hydrogen (secondary N) is 1. The number of aryl methyl sites for hydroxylation is 1. The van der Waals surface area contributed by atoms with Crippen LogP contribution in [0.25, 0.3) is 5.69 Å². The van der Waals surface area contributed by atoms with E-state index in [1.54, 1.807) is 28.6 Å². The number of benzene rings is 3. The summed E-state index contributed by atoms with van der Waals surface area (Å²) in [4.78, 5) is 12.5. The molecular formula is C22H19N5OS. The molecule has 4 rings (SSSR count). The number of carbonyl (C=O) groups is 1. The van der Waals surface area contributed by atoms with Crippen molar-refractivity contribution in [3.8, 4) is 5.69 Å². The molecule has 144 valence electrons. The van der Waals surface area contributed by atoms with Gasteiger partial charge in [-0.15, -0.1) is 5.10 Å². The van der Waals surface area contributed by atoms with Crippen molar-refractivity contribution >= 4 is 23.4 Å². The van der Waals surface area contributed by atoms with Gasteiger partial charge in [0.1, 0.15) is 0 Å². The SMILES string of the molecule is Cc1ccccc1NC(=O)c1ccc(-n2nnnc2SCc2ccccc2)cc1. The van der Waals surface area contributed by atoms with Crippen molar-refractivity contribution in [3.05, 3.63) is 95.6 Å². The maximum atomic E-state index is 12.5. The van der Waals surface area contributed by atoms with E-state index in [-0.39, 0.29) is 5.91 Å². The Morgan fingerprint density at radius 1 is 0.966 bits per heavy atom. The summed E-state index contributed by atoms with van der Waals surface area (Å²) < 4.78 is 1.68. The van der Waals surface area contributed by atoms with Gasteiger partial charge in [0.25, 0.3) is 5.91 Å². The number of hydrogen-bond acceptors (Lipinski definition) is 5. The Hall–Kier alpha value is -3.45. The van der Waals surface area contributed by atoms with Crippen molar-refractivity contribution in [3.63, 3.8) is 0 Å². The predicted molar refractivity (Wildman–Crippen MR) is 114 cm³/mol. The van der Waals surface area contributed by atoms with Gasteiger partial charge in [0.2, 0.25) is 5.16 Å². The zero-order valence-corrected chi connectivity index (χ0v) is 16.6. The number of amides is 1. The number of aromatic nitrogens is 4. The molecular weight excluding hydrogens is 382 g/mol. The largest absolute Gasteiger partial charge is 0.322 e. The highest BCUT2D eigenvalue weighted by Gasteiger charge is 2.11. The molecule has 0 aliphatic rings. The lowest BCUT2D eigenvalue weighted by molar-refractivity contribution is 0.102. The van der Waals surface area contributed by atoms with Crippen LogP contribution >= 0.6 is 11.8 Å². The molecule has 0 aliphatic heterocycles. The van der Waals surface area contributed by atoms with E-state index in [9.17, 15) is 4.79 Å². The molecule has 1 amide bonds. The minimum Gasteiger partial charge on any atom is -0.322 e. The first-order valence-corrected chi connectivity index (χ1v) is 10.1. The second kappa shape index (κ2) is 8.70. The van der Waals surface area contributed by atoms with E-state index in [0.29, 0.717) is 10.7 Å². The predicted octanol–water partition coefficient (Wildman–Crippen LogP) is 4.52. The third-order valence-corrected chi connectivity index (χ3v) is 5.41. The quantitative estimate of drug-likeness (QED) is 0.481. The van der Waals surface area contributed by atoms with Gasteiger partial charge >= 0.3 is 0 Å². The molecule has 1 heterocycles. The third-order valence-electron chi connectivity index (χ3n) is 4.42. The van der Waals surface area contributed by atoms with E-state index in [2.05, 4.69) is 33.0 Å². The van der Waals surface area contributed by atoms with E-state index < -0.39 is 0 Å². The number of nitrogens with zero attached hydrogens (tertiary/aromatic N) is 4. The Morgan fingerprint density at radius 3 is 2.45 bits per heavy atom. The first-order chi connectivity index (χ1) is 14.2. The highest BCUT2D eigenvalue weighted by atomic mass is 32.2. The lowest BCUT2D eigenvalue weighted by atomic mass is 10.1. The molecule has 0 bridgehead atoms. The van der Waals surface area contributed by atoms with Crippen molar-refractivity contribution in [1.82, 2.24) is 20.2 Å². The van der Waals surface area contributed by atoms with Crippen LogP contribution in [0.2, 0.25) is 0 Å². The lowest BCUT2D eigenvalue weighted by Crippen LogP contribution is -2.12. The fourth-order valence-electron chi connectivity index (χ4n) is 2.81. The molecule has 0 unspecified atom stereocenters. The summed E-state index contributed by atoms with van der Waals surface area (Å²) in [6, 6.07) is 25.1. The van der Waals surface area contributed by atoms with E-state index >= 15 is 0 Å². The van der Waals surface area contributed by atoms with Gasteiger partial charge in [-0.3, -0.25) is 4.79 Å². The minimum absolute atomic E-state index is 0.152. The molecule has 1 N–H and O–H groups in total. The van der Waals surface area contributed by atoms with Crippen LogP contribution in [0.4, 0.5) is 5.69 Å². The Balaban J connectivity index is 1.46. The van der Waals surface area contributed by atoms with Gasteiger partial charge in [0.05, 0.1) is 5.69 Å². The summed E-state index contributed by atoms with van der Waals surface area (Å²) >= 11 is 1.56. The first kappa shape index (κ1) is 18.9. The van der Waals surface area contributed by atoms with Crippen LogP contribution in [0.15, 0.2) is 84.0 Å². The molecule has 4 aromatic rings. The Bertz CT molecular complexity index is 1110. The first-order valence-electron chi connectivity index (χ1n) is 9.13. The number of thioether (sulfide) groups is 1. The van der Waals surface area contributed by atoms with E-state index in [1.807, 2.05) is 61.5 Å². The smallest absolute Gasteiger partial charge is 0.255 e. The van der Waals surface area contributed by atoms with Crippen molar-refractivity contribution in [2.75, 3.05) is 5.32 Å². The molecule has 7 heteroatoms. The van der Waals surface area contributed by atoms with Crippen molar-refractivity contribution in [1.29, 1.82) is 0 Å². The molecule has 0 fully saturated rings. The van der Waals surface area contributed by atoms with Gasteiger partial charge in [-0.05, 0) is 58.8 Å². The average Bonchev–Trinajstić information content (AvgIpc) is 3.23. The van der Waals surface area contributed by atoms with E-state index in [0.717, 1.165) is 22.7 Å². The number of anilines is 1. The maximum absolute atomic E-state index is 12.5. The summed E-state index contributed by atoms with van der Waals surface area (Å²) in [5.74, 6) is 0.624. The monoisotopic (exact) mass is 401 g/mol. The van der Waals surface area contributed by atoms with Gasteiger partial charge in [0.15, 0.2) is 0 Å². The molecule has 29 heavy (non-hydrogen) atoms. The molecule has 0 saturated carbocycles. The third kappa shape index (κ3) is 4.52. The Morgan fingerprint density at radius 2 is 1.69 bits per heavy atom. The van der Waals surface area contributed by atoms with Crippen molar-refractivity contribution < 1.29 is 4.79 Å². The van der Waals surface area contributed by atoms with Crippen LogP contribution in [-0.2, 0) is 5.75 Å². The molecule has 6 nitrogen and oxygen atoms in total. The summed E-state index contributed by atoms with van der Waals surface area (Å²) in [5, 5.41) is 15.6. The van der Waals surface area contributed by atoms with Crippen LogP contribution in [0.1, 0.15) is 21.5 Å². The number of hydrogen-bond donors (Lipinski definition) is 1. The normalized spacial score (nSPS) is 10.7. The lowest BCUT2D eigenvalue weighted by Gasteiger charge is -2.09. The topological polar surface area (TPSA) is 72.7 Å². The summed E-state index contributed by atoms with van der Waals surface area (Å²) in [6.45, 7) is 1.96. The van der Waals surface area contributed by atoms with Gasteiger partial charge in [-0.1, -0.05) is 60.3 Å². The molecule has 1 aromatic heterocycles. The van der Waals surface area contributed by atoms with Crippen molar-refractivity contribution in [2.24, 2.45) is 0 Å². The molecule has 0 aliphatic carbocycles.